The van der Waals surface area contributed by atoms with Gasteiger partial charge in [0.2, 0.25) is 0 Å². The van der Waals surface area contributed by atoms with Crippen molar-refractivity contribution in [1.29, 1.82) is 0 Å². The molecule has 0 aliphatic carbocycles. The van der Waals surface area contributed by atoms with Crippen LogP contribution in [-0.4, -0.2) is 6.54 Å². The van der Waals surface area contributed by atoms with E-state index >= 15 is 0 Å². The van der Waals surface area contributed by atoms with Gasteiger partial charge in [-0.2, -0.15) is 0 Å². The van der Waals surface area contributed by atoms with Gasteiger partial charge in [-0.15, -0.1) is 0 Å². The van der Waals surface area contributed by atoms with Crippen LogP contribution in [0.25, 0.3) is 11.0 Å². The Morgan fingerprint density at radius 1 is 1.37 bits per heavy atom. The van der Waals surface area contributed by atoms with Crippen LogP contribution in [0.5, 0.6) is 0 Å². The van der Waals surface area contributed by atoms with Gasteiger partial charge in [0.25, 0.3) is 0 Å². The highest BCUT2D eigenvalue weighted by atomic mass is 79.9. The molecule has 1 aromatic carbocycles. The van der Waals surface area contributed by atoms with E-state index in [1.165, 1.54) is 6.07 Å². The van der Waals surface area contributed by atoms with Crippen LogP contribution in [0, 0.1) is 11.2 Å². The van der Waals surface area contributed by atoms with Crippen molar-refractivity contribution in [2.24, 2.45) is 5.41 Å². The third kappa shape index (κ3) is 2.84. The summed E-state index contributed by atoms with van der Waals surface area (Å²) in [6, 6.07) is 4.97. The van der Waals surface area contributed by atoms with Gasteiger partial charge in [-0.25, -0.2) is 4.39 Å². The highest BCUT2D eigenvalue weighted by Crippen LogP contribution is 2.38. The van der Waals surface area contributed by atoms with Gasteiger partial charge in [-0.3, -0.25) is 0 Å². The summed E-state index contributed by atoms with van der Waals surface area (Å²) in [6.45, 7) is 9.30. The first-order valence-electron chi connectivity index (χ1n) is 6.45. The summed E-state index contributed by atoms with van der Waals surface area (Å²) >= 11 is 3.40. The van der Waals surface area contributed by atoms with Crippen molar-refractivity contribution in [3.8, 4) is 0 Å². The van der Waals surface area contributed by atoms with E-state index in [0.29, 0.717) is 11.0 Å². The van der Waals surface area contributed by atoms with E-state index < -0.39 is 0 Å². The average molecular weight is 328 g/mol. The van der Waals surface area contributed by atoms with Crippen LogP contribution in [0.3, 0.4) is 0 Å². The lowest BCUT2D eigenvalue weighted by Gasteiger charge is -2.29. The van der Waals surface area contributed by atoms with Gasteiger partial charge in [0.05, 0.1) is 15.9 Å². The molecule has 0 bridgehead atoms. The summed E-state index contributed by atoms with van der Waals surface area (Å²) in [4.78, 5) is 0. The summed E-state index contributed by atoms with van der Waals surface area (Å²) < 4.78 is 20.5. The second-order valence-electron chi connectivity index (χ2n) is 5.78. The molecule has 1 heterocycles. The minimum Gasteiger partial charge on any atom is -0.458 e. The van der Waals surface area contributed by atoms with Gasteiger partial charge < -0.3 is 9.73 Å². The molecule has 1 unspecified atom stereocenters. The van der Waals surface area contributed by atoms with Crippen molar-refractivity contribution in [2.45, 2.75) is 33.7 Å². The smallest absolute Gasteiger partial charge is 0.151 e. The number of rotatable bonds is 3. The van der Waals surface area contributed by atoms with Gasteiger partial charge in [0, 0.05) is 0 Å². The second-order valence-corrected chi connectivity index (χ2v) is 6.63. The highest BCUT2D eigenvalue weighted by Gasteiger charge is 2.29. The summed E-state index contributed by atoms with van der Waals surface area (Å²) in [5, 5.41) is 3.93. The molecule has 1 N–H and O–H groups in total. The number of furan rings is 1. The molecule has 19 heavy (non-hydrogen) atoms. The van der Waals surface area contributed by atoms with E-state index in [9.17, 15) is 4.39 Å². The number of fused-ring (bicyclic) bond motifs is 1. The zero-order valence-electron chi connectivity index (χ0n) is 11.7. The fraction of sp³-hybridized carbons (Fsp3) is 0.467. The normalized spacial score (nSPS) is 14.0. The van der Waals surface area contributed by atoms with Crippen molar-refractivity contribution in [3.63, 3.8) is 0 Å². The maximum absolute atomic E-state index is 13.8. The zero-order chi connectivity index (χ0) is 14.2. The molecule has 2 aromatic rings. The van der Waals surface area contributed by atoms with Gasteiger partial charge in [0.15, 0.2) is 5.58 Å². The molecule has 0 saturated heterocycles. The van der Waals surface area contributed by atoms with E-state index in [2.05, 4.69) is 48.9 Å². The molecule has 0 aliphatic heterocycles. The Bertz CT molecular complexity index is 547. The predicted octanol–water partition coefficient (Wildman–Crippen LogP) is 5.03. The molecule has 0 aliphatic rings. The molecule has 0 fully saturated rings. The topological polar surface area (TPSA) is 25.2 Å². The lowest BCUT2D eigenvalue weighted by molar-refractivity contribution is 0.244. The van der Waals surface area contributed by atoms with E-state index in [1.54, 1.807) is 12.1 Å². The van der Waals surface area contributed by atoms with Crippen molar-refractivity contribution < 1.29 is 8.81 Å². The number of halogens is 2. The number of hydrogen-bond donors (Lipinski definition) is 1. The molecular formula is C15H19BrFNO. The van der Waals surface area contributed by atoms with Gasteiger partial charge >= 0.3 is 0 Å². The second kappa shape index (κ2) is 5.25. The van der Waals surface area contributed by atoms with Crippen molar-refractivity contribution in [1.82, 2.24) is 5.32 Å². The van der Waals surface area contributed by atoms with Crippen molar-refractivity contribution in [3.05, 3.63) is 34.2 Å². The molecule has 104 valence electrons. The lowest BCUT2D eigenvalue weighted by atomic mass is 9.85. The Morgan fingerprint density at radius 2 is 2.05 bits per heavy atom. The first-order chi connectivity index (χ1) is 8.84. The molecular weight excluding hydrogens is 309 g/mol. The fourth-order valence-electron chi connectivity index (χ4n) is 2.26. The van der Waals surface area contributed by atoms with Crippen LogP contribution < -0.4 is 5.32 Å². The molecule has 0 radical (unpaired) electrons. The molecule has 4 heteroatoms. The molecule has 0 spiro atoms. The Labute approximate surface area is 121 Å². The monoisotopic (exact) mass is 327 g/mol. The van der Waals surface area contributed by atoms with Crippen LogP contribution >= 0.6 is 15.9 Å². The summed E-state index contributed by atoms with van der Waals surface area (Å²) in [6.07, 6.45) is 0. The quantitative estimate of drug-likeness (QED) is 0.855. The van der Waals surface area contributed by atoms with E-state index in [-0.39, 0.29) is 17.3 Å². The SMILES string of the molecule is CCNC(c1cc2c(F)ccc(Br)c2o1)C(C)(C)C. The number of hydrogen-bond acceptors (Lipinski definition) is 2. The van der Waals surface area contributed by atoms with Crippen LogP contribution in [0.2, 0.25) is 0 Å². The Hall–Kier alpha value is -0.870. The van der Waals surface area contributed by atoms with Crippen LogP contribution in [0.15, 0.2) is 27.1 Å². The number of benzene rings is 1. The average Bonchev–Trinajstić information content (AvgIpc) is 2.75. The van der Waals surface area contributed by atoms with Crippen LogP contribution in [-0.2, 0) is 0 Å². The summed E-state index contributed by atoms with van der Waals surface area (Å²) in [5.41, 5.74) is 0.564. The Morgan fingerprint density at radius 3 is 2.58 bits per heavy atom. The standard InChI is InChI=1S/C15H19BrFNO/c1-5-18-14(15(2,3)4)12-8-9-11(17)7-6-10(16)13(9)19-12/h6-8,14,18H,5H2,1-4H3. The summed E-state index contributed by atoms with van der Waals surface area (Å²) in [5.74, 6) is 0.521. The van der Waals surface area contributed by atoms with Crippen LogP contribution in [0.1, 0.15) is 39.5 Å². The lowest BCUT2D eigenvalue weighted by Crippen LogP contribution is -2.31. The minimum absolute atomic E-state index is 0.00710. The van der Waals surface area contributed by atoms with Crippen molar-refractivity contribution >= 4 is 26.9 Å². The van der Waals surface area contributed by atoms with Gasteiger partial charge in [0.1, 0.15) is 11.6 Å². The largest absolute Gasteiger partial charge is 0.458 e. The maximum Gasteiger partial charge on any atom is 0.151 e. The maximum atomic E-state index is 13.8. The molecule has 0 saturated carbocycles. The predicted molar refractivity (Wildman–Crippen MR) is 79.7 cm³/mol. The van der Waals surface area contributed by atoms with Crippen molar-refractivity contribution in [2.75, 3.05) is 6.54 Å². The third-order valence-electron chi connectivity index (χ3n) is 3.16. The van der Waals surface area contributed by atoms with E-state index in [0.717, 1.165) is 16.8 Å². The first kappa shape index (κ1) is 14.5. The first-order valence-corrected chi connectivity index (χ1v) is 7.24. The minimum atomic E-state index is -0.252. The molecule has 2 rings (SSSR count). The zero-order valence-corrected chi connectivity index (χ0v) is 13.3. The molecule has 1 aromatic heterocycles. The molecule has 2 nitrogen and oxygen atoms in total. The van der Waals surface area contributed by atoms with Gasteiger partial charge in [-0.1, -0.05) is 27.7 Å². The third-order valence-corrected chi connectivity index (χ3v) is 3.78. The van der Waals surface area contributed by atoms with E-state index in [4.69, 9.17) is 4.42 Å². The highest BCUT2D eigenvalue weighted by molar-refractivity contribution is 9.10. The fourth-order valence-corrected chi connectivity index (χ4v) is 2.68. The Balaban J connectivity index is 2.56. The molecule has 1 atom stereocenters. The Kier molecular flexibility index (Phi) is 4.02. The van der Waals surface area contributed by atoms with Crippen LogP contribution in [0.4, 0.5) is 4.39 Å². The van der Waals surface area contributed by atoms with E-state index in [1.807, 2.05) is 0 Å². The number of nitrogens with one attached hydrogen (secondary N) is 1. The van der Waals surface area contributed by atoms with Gasteiger partial charge in [-0.05, 0) is 46.1 Å². The molecule has 0 amide bonds. The summed E-state index contributed by atoms with van der Waals surface area (Å²) in [7, 11) is 0.